The van der Waals surface area contributed by atoms with Gasteiger partial charge in [0.15, 0.2) is 0 Å². The molecule has 1 saturated carbocycles. The molecule has 1 aliphatic carbocycles. The summed E-state index contributed by atoms with van der Waals surface area (Å²) in [5, 5.41) is 4.76. The van der Waals surface area contributed by atoms with E-state index in [1.54, 1.807) is 0 Å². The average Bonchev–Trinajstić information content (AvgIpc) is 3.07. The first-order valence-corrected chi connectivity index (χ1v) is 11.2. The zero-order chi connectivity index (χ0) is 22.5. The highest BCUT2D eigenvalue weighted by Crippen LogP contribution is 2.56. The van der Waals surface area contributed by atoms with Crippen molar-refractivity contribution in [1.82, 2.24) is 14.7 Å². The van der Waals surface area contributed by atoms with Gasteiger partial charge in [0.25, 0.3) is 5.91 Å². The van der Waals surface area contributed by atoms with Crippen LogP contribution in [-0.4, -0.2) is 40.3 Å². The van der Waals surface area contributed by atoms with Crippen molar-refractivity contribution in [2.24, 2.45) is 5.41 Å². The molecule has 5 nitrogen and oxygen atoms in total. The highest BCUT2D eigenvalue weighted by atomic mass is 19.1. The maximum absolute atomic E-state index is 13.6. The van der Waals surface area contributed by atoms with Gasteiger partial charge in [-0.15, -0.1) is 0 Å². The Balaban J connectivity index is 1.28. The third-order valence-corrected chi connectivity index (χ3v) is 6.79. The fourth-order valence-corrected chi connectivity index (χ4v) is 5.28. The molecule has 1 saturated heterocycles. The van der Waals surface area contributed by atoms with Crippen LogP contribution in [-0.2, 0) is 0 Å². The molecule has 0 bridgehead atoms. The zero-order valence-electron chi connectivity index (χ0n) is 18.8. The molecule has 2 heterocycles. The fourth-order valence-electron chi connectivity index (χ4n) is 5.28. The molecule has 3 aromatic rings. The van der Waals surface area contributed by atoms with Crippen LogP contribution < -0.4 is 4.74 Å². The number of amides is 1. The number of carbonyl (C=O) groups is 1. The molecule has 32 heavy (non-hydrogen) atoms. The first-order chi connectivity index (χ1) is 15.4. The van der Waals surface area contributed by atoms with Crippen molar-refractivity contribution in [2.45, 2.75) is 39.5 Å². The second kappa shape index (κ2) is 7.76. The Morgan fingerprint density at radius 2 is 1.91 bits per heavy atom. The summed E-state index contributed by atoms with van der Waals surface area (Å²) in [6.07, 6.45) is 2.10. The SMILES string of the molecule is CCOc1cc(F)ccc1C(=O)N1CC2(CC(c3cc(C)nn3-c3ccccc3C)C2)C1. The van der Waals surface area contributed by atoms with Crippen molar-refractivity contribution in [3.05, 3.63) is 76.9 Å². The number of rotatable bonds is 5. The Morgan fingerprint density at radius 3 is 2.62 bits per heavy atom. The molecule has 2 fully saturated rings. The quantitative estimate of drug-likeness (QED) is 0.566. The molecule has 0 N–H and O–H groups in total. The summed E-state index contributed by atoms with van der Waals surface area (Å²) >= 11 is 0. The van der Waals surface area contributed by atoms with Crippen molar-refractivity contribution in [1.29, 1.82) is 0 Å². The molecule has 1 aromatic heterocycles. The summed E-state index contributed by atoms with van der Waals surface area (Å²) in [7, 11) is 0. The van der Waals surface area contributed by atoms with E-state index in [2.05, 4.69) is 29.8 Å². The number of para-hydroxylation sites is 1. The number of benzene rings is 2. The molecule has 1 aliphatic heterocycles. The van der Waals surface area contributed by atoms with E-state index >= 15 is 0 Å². The van der Waals surface area contributed by atoms with E-state index in [0.29, 0.717) is 23.8 Å². The lowest BCUT2D eigenvalue weighted by atomic mass is 9.57. The molecule has 0 atom stereocenters. The van der Waals surface area contributed by atoms with Crippen LogP contribution in [0.4, 0.5) is 4.39 Å². The van der Waals surface area contributed by atoms with Gasteiger partial charge in [-0.25, -0.2) is 9.07 Å². The van der Waals surface area contributed by atoms with E-state index in [0.717, 1.165) is 37.3 Å². The molecular formula is C26H28FN3O2. The van der Waals surface area contributed by atoms with Gasteiger partial charge in [0.2, 0.25) is 0 Å². The highest BCUT2D eigenvalue weighted by Gasteiger charge is 2.54. The normalized spacial score (nSPS) is 17.2. The van der Waals surface area contributed by atoms with E-state index in [1.165, 1.54) is 29.5 Å². The molecule has 0 unspecified atom stereocenters. The summed E-state index contributed by atoms with van der Waals surface area (Å²) in [5.41, 5.74) is 5.23. The number of halogens is 1. The first kappa shape index (κ1) is 20.7. The third-order valence-electron chi connectivity index (χ3n) is 6.79. The van der Waals surface area contributed by atoms with Gasteiger partial charge in [-0.05, 0) is 63.4 Å². The predicted molar refractivity (Wildman–Crippen MR) is 121 cm³/mol. The van der Waals surface area contributed by atoms with Gasteiger partial charge in [0.05, 0.1) is 23.6 Å². The summed E-state index contributed by atoms with van der Waals surface area (Å²) in [4.78, 5) is 14.9. The number of likely N-dealkylation sites (tertiary alicyclic amines) is 1. The Kier molecular flexibility index (Phi) is 5.03. The summed E-state index contributed by atoms with van der Waals surface area (Å²) < 4.78 is 21.2. The lowest BCUT2D eigenvalue weighted by molar-refractivity contribution is -0.0566. The van der Waals surface area contributed by atoms with Gasteiger partial charge in [-0.3, -0.25) is 4.79 Å². The molecule has 1 spiro atoms. The second-order valence-corrected chi connectivity index (χ2v) is 9.25. The Hall–Kier alpha value is -3.15. The topological polar surface area (TPSA) is 47.4 Å². The Morgan fingerprint density at radius 1 is 1.16 bits per heavy atom. The number of carbonyl (C=O) groups excluding carboxylic acids is 1. The number of hydrogen-bond donors (Lipinski definition) is 0. The van der Waals surface area contributed by atoms with Crippen LogP contribution in [0.3, 0.4) is 0 Å². The predicted octanol–water partition coefficient (Wildman–Crippen LogP) is 5.05. The molecule has 1 amide bonds. The van der Waals surface area contributed by atoms with Gasteiger partial charge in [-0.1, -0.05) is 18.2 Å². The van der Waals surface area contributed by atoms with Crippen LogP contribution in [0.2, 0.25) is 0 Å². The van der Waals surface area contributed by atoms with Crippen molar-refractivity contribution in [2.75, 3.05) is 19.7 Å². The molecule has 5 rings (SSSR count). The molecule has 0 radical (unpaired) electrons. The number of hydrogen-bond acceptors (Lipinski definition) is 3. The minimum Gasteiger partial charge on any atom is -0.493 e. The van der Waals surface area contributed by atoms with Crippen LogP contribution in [0.1, 0.15) is 53.0 Å². The Labute approximate surface area is 187 Å². The van der Waals surface area contributed by atoms with E-state index < -0.39 is 5.82 Å². The summed E-state index contributed by atoms with van der Waals surface area (Å²) in [6.45, 7) is 7.85. The largest absolute Gasteiger partial charge is 0.493 e. The minimum atomic E-state index is -0.396. The molecule has 2 aromatic carbocycles. The van der Waals surface area contributed by atoms with Gasteiger partial charge < -0.3 is 9.64 Å². The maximum Gasteiger partial charge on any atom is 0.257 e. The summed E-state index contributed by atoms with van der Waals surface area (Å²) in [5.74, 6) is 0.288. The van der Waals surface area contributed by atoms with Crippen molar-refractivity contribution < 1.29 is 13.9 Å². The van der Waals surface area contributed by atoms with Gasteiger partial charge in [0, 0.05) is 36.2 Å². The smallest absolute Gasteiger partial charge is 0.257 e. The van der Waals surface area contributed by atoms with Crippen LogP contribution in [0.15, 0.2) is 48.5 Å². The maximum atomic E-state index is 13.6. The molecular weight excluding hydrogens is 405 g/mol. The molecule has 6 heteroatoms. The van der Waals surface area contributed by atoms with Gasteiger partial charge >= 0.3 is 0 Å². The zero-order valence-corrected chi connectivity index (χ0v) is 18.8. The lowest BCUT2D eigenvalue weighted by Gasteiger charge is -2.59. The number of aromatic nitrogens is 2. The Bertz CT molecular complexity index is 1170. The first-order valence-electron chi connectivity index (χ1n) is 11.2. The van der Waals surface area contributed by atoms with Crippen LogP contribution in [0.5, 0.6) is 5.75 Å². The highest BCUT2D eigenvalue weighted by molar-refractivity contribution is 5.97. The van der Waals surface area contributed by atoms with Crippen LogP contribution >= 0.6 is 0 Å². The fraction of sp³-hybridized carbons (Fsp3) is 0.385. The van der Waals surface area contributed by atoms with Crippen molar-refractivity contribution >= 4 is 5.91 Å². The van der Waals surface area contributed by atoms with Gasteiger partial charge in [0.1, 0.15) is 11.6 Å². The second-order valence-electron chi connectivity index (χ2n) is 9.25. The number of aryl methyl sites for hydroxylation is 2. The van der Waals surface area contributed by atoms with E-state index in [9.17, 15) is 9.18 Å². The number of ether oxygens (including phenoxy) is 1. The average molecular weight is 434 g/mol. The van der Waals surface area contributed by atoms with Gasteiger partial charge in [-0.2, -0.15) is 5.10 Å². The molecule has 2 aliphatic rings. The van der Waals surface area contributed by atoms with E-state index in [-0.39, 0.29) is 11.3 Å². The minimum absolute atomic E-state index is 0.0803. The van der Waals surface area contributed by atoms with Crippen molar-refractivity contribution in [3.63, 3.8) is 0 Å². The van der Waals surface area contributed by atoms with E-state index in [1.807, 2.05) is 30.9 Å². The molecule has 166 valence electrons. The number of nitrogens with zero attached hydrogens (tertiary/aromatic N) is 3. The third kappa shape index (κ3) is 3.48. The van der Waals surface area contributed by atoms with Crippen LogP contribution in [0, 0.1) is 25.1 Å². The standard InChI is InChI=1S/C26H28FN3O2/c1-4-32-24-12-20(27)9-10-21(24)25(31)29-15-26(16-29)13-19(14-26)23-11-18(3)28-30(23)22-8-6-5-7-17(22)2/h5-12,19H,4,13-16H2,1-3H3. The summed E-state index contributed by atoms with van der Waals surface area (Å²) in [6, 6.07) is 14.7. The monoisotopic (exact) mass is 433 g/mol. The van der Waals surface area contributed by atoms with Crippen LogP contribution in [0.25, 0.3) is 5.69 Å². The lowest BCUT2D eigenvalue weighted by Crippen LogP contribution is -2.63. The van der Waals surface area contributed by atoms with E-state index in [4.69, 9.17) is 9.84 Å². The van der Waals surface area contributed by atoms with Crippen molar-refractivity contribution in [3.8, 4) is 11.4 Å².